The van der Waals surface area contributed by atoms with Crippen molar-refractivity contribution < 1.29 is 0 Å². The molecule has 0 radical (unpaired) electrons. The van der Waals surface area contributed by atoms with Crippen LogP contribution in [0.3, 0.4) is 0 Å². The average Bonchev–Trinajstić information content (AvgIpc) is 2.91. The lowest BCUT2D eigenvalue weighted by Crippen LogP contribution is -2.17. The maximum absolute atomic E-state index is 12.1. The molecule has 0 bridgehead atoms. The van der Waals surface area contributed by atoms with Crippen LogP contribution in [0.4, 0.5) is 0 Å². The number of nitrogens with one attached hydrogen (secondary N) is 1. The van der Waals surface area contributed by atoms with Gasteiger partial charge in [0, 0.05) is 24.6 Å². The Morgan fingerprint density at radius 1 is 1.30 bits per heavy atom. The van der Waals surface area contributed by atoms with E-state index in [0.717, 1.165) is 12.8 Å². The lowest BCUT2D eigenvalue weighted by molar-refractivity contribution is 0.573. The van der Waals surface area contributed by atoms with Gasteiger partial charge >= 0.3 is 5.69 Å². The van der Waals surface area contributed by atoms with E-state index in [-0.39, 0.29) is 11.2 Å². The van der Waals surface area contributed by atoms with E-state index in [2.05, 4.69) is 22.1 Å². The fourth-order valence-corrected chi connectivity index (χ4v) is 3.11. The molecule has 8 heteroatoms. The second-order valence-electron chi connectivity index (χ2n) is 5.12. The van der Waals surface area contributed by atoms with Gasteiger partial charge in [-0.3, -0.25) is 13.8 Å². The molecular formula is C15H17N5O2S. The Morgan fingerprint density at radius 2 is 2.17 bits per heavy atom. The van der Waals surface area contributed by atoms with E-state index in [0.29, 0.717) is 28.8 Å². The van der Waals surface area contributed by atoms with Gasteiger partial charge in [-0.15, -0.1) is 5.10 Å². The monoisotopic (exact) mass is 331 g/mol. The molecule has 0 atom stereocenters. The molecule has 23 heavy (non-hydrogen) atoms. The number of H-pyrrole nitrogens is 1. The van der Waals surface area contributed by atoms with Gasteiger partial charge in [-0.2, -0.15) is 0 Å². The van der Waals surface area contributed by atoms with Crippen molar-refractivity contribution in [1.29, 1.82) is 0 Å². The van der Waals surface area contributed by atoms with Gasteiger partial charge in [0.15, 0.2) is 5.16 Å². The number of fused-ring (bicyclic) bond motifs is 1. The van der Waals surface area contributed by atoms with Crippen LogP contribution < -0.4 is 11.2 Å². The minimum Gasteiger partial charge on any atom is -0.270 e. The van der Waals surface area contributed by atoms with E-state index < -0.39 is 0 Å². The minimum atomic E-state index is -0.201. The summed E-state index contributed by atoms with van der Waals surface area (Å²) in [5, 5.41) is 7.14. The molecule has 3 aromatic rings. The van der Waals surface area contributed by atoms with Crippen molar-refractivity contribution >= 4 is 17.4 Å². The zero-order valence-electron chi connectivity index (χ0n) is 12.7. The summed E-state index contributed by atoms with van der Waals surface area (Å²) in [6.45, 7) is 2.71. The van der Waals surface area contributed by atoms with Crippen molar-refractivity contribution in [3.05, 3.63) is 57.0 Å². The molecule has 0 saturated heterocycles. The number of hydrogen-bond donors (Lipinski definition) is 1. The second kappa shape index (κ2) is 6.82. The molecular weight excluding hydrogens is 314 g/mol. The number of thioether (sulfide) groups is 1. The predicted molar refractivity (Wildman–Crippen MR) is 88.8 cm³/mol. The van der Waals surface area contributed by atoms with Crippen LogP contribution >= 0.6 is 11.8 Å². The van der Waals surface area contributed by atoms with Gasteiger partial charge in [-0.25, -0.2) is 14.9 Å². The van der Waals surface area contributed by atoms with E-state index in [9.17, 15) is 9.59 Å². The zero-order chi connectivity index (χ0) is 16.2. The molecule has 0 saturated carbocycles. The number of unbranched alkanes of at least 4 members (excludes halogenated alkanes) is 1. The van der Waals surface area contributed by atoms with Crippen LogP contribution in [0.1, 0.15) is 25.5 Å². The summed E-state index contributed by atoms with van der Waals surface area (Å²) in [6, 6.07) is 6.94. The normalized spacial score (nSPS) is 11.2. The van der Waals surface area contributed by atoms with E-state index in [4.69, 9.17) is 0 Å². The van der Waals surface area contributed by atoms with Gasteiger partial charge in [0.05, 0.1) is 5.69 Å². The first-order valence-corrected chi connectivity index (χ1v) is 8.43. The third kappa shape index (κ3) is 3.37. The SMILES string of the molecule is CCCCn1c(SCc2cc(=O)n3ccccc3n2)n[nH]c1=O. The van der Waals surface area contributed by atoms with Gasteiger partial charge in [0.2, 0.25) is 0 Å². The number of aromatic amines is 1. The van der Waals surface area contributed by atoms with Gasteiger partial charge in [-0.1, -0.05) is 31.2 Å². The minimum absolute atomic E-state index is 0.114. The Morgan fingerprint density at radius 3 is 3.00 bits per heavy atom. The molecule has 3 rings (SSSR count). The summed E-state index contributed by atoms with van der Waals surface area (Å²) in [6.07, 6.45) is 3.62. The molecule has 7 nitrogen and oxygen atoms in total. The van der Waals surface area contributed by atoms with Crippen LogP contribution in [-0.2, 0) is 12.3 Å². The van der Waals surface area contributed by atoms with Crippen molar-refractivity contribution in [3.8, 4) is 0 Å². The molecule has 1 N–H and O–H groups in total. The van der Waals surface area contributed by atoms with E-state index >= 15 is 0 Å². The molecule has 0 aromatic carbocycles. The molecule has 0 aliphatic heterocycles. The highest BCUT2D eigenvalue weighted by Gasteiger charge is 2.10. The molecule has 3 aromatic heterocycles. The smallest absolute Gasteiger partial charge is 0.270 e. The summed E-state index contributed by atoms with van der Waals surface area (Å²) >= 11 is 1.40. The van der Waals surface area contributed by atoms with Crippen LogP contribution in [0.2, 0.25) is 0 Å². The third-order valence-corrected chi connectivity index (χ3v) is 4.44. The number of aromatic nitrogens is 5. The lowest BCUT2D eigenvalue weighted by atomic mass is 10.3. The highest BCUT2D eigenvalue weighted by molar-refractivity contribution is 7.98. The first-order chi connectivity index (χ1) is 11.2. The van der Waals surface area contributed by atoms with Crippen LogP contribution in [0.25, 0.3) is 5.65 Å². The predicted octanol–water partition coefficient (Wildman–Crippen LogP) is 1.67. The zero-order valence-corrected chi connectivity index (χ0v) is 13.5. The summed E-state index contributed by atoms with van der Waals surface area (Å²) < 4.78 is 3.13. The number of nitrogens with zero attached hydrogens (tertiary/aromatic N) is 4. The van der Waals surface area contributed by atoms with Gasteiger partial charge in [0.1, 0.15) is 5.65 Å². The first-order valence-electron chi connectivity index (χ1n) is 7.44. The molecule has 3 heterocycles. The lowest BCUT2D eigenvalue weighted by Gasteiger charge is -2.05. The molecule has 0 fully saturated rings. The van der Waals surface area contributed by atoms with E-state index in [1.807, 2.05) is 6.07 Å². The van der Waals surface area contributed by atoms with E-state index in [1.165, 1.54) is 22.2 Å². The standard InChI is InChI=1S/C15H17N5O2S/c1-2-3-7-20-14(22)17-18-15(20)23-10-11-9-13(21)19-8-5-4-6-12(19)16-11/h4-6,8-9H,2-3,7,10H2,1H3,(H,17,22). The fraction of sp³-hybridized carbons (Fsp3) is 0.333. The van der Waals surface area contributed by atoms with Crippen molar-refractivity contribution in [1.82, 2.24) is 24.1 Å². The quantitative estimate of drug-likeness (QED) is 0.695. The molecule has 0 amide bonds. The number of pyridine rings is 1. The Labute approximate surface area is 136 Å². The van der Waals surface area contributed by atoms with E-state index in [1.54, 1.807) is 22.9 Å². The largest absolute Gasteiger partial charge is 0.343 e. The fourth-order valence-electron chi connectivity index (χ4n) is 2.24. The Kier molecular flexibility index (Phi) is 4.61. The molecule has 0 unspecified atom stereocenters. The van der Waals surface area contributed by atoms with Crippen molar-refractivity contribution in [2.24, 2.45) is 0 Å². The summed E-state index contributed by atoms with van der Waals surface area (Å²) in [7, 11) is 0. The Hall–Kier alpha value is -2.35. The van der Waals surface area contributed by atoms with Crippen molar-refractivity contribution in [2.75, 3.05) is 0 Å². The topological polar surface area (TPSA) is 85.0 Å². The average molecular weight is 331 g/mol. The van der Waals surface area contributed by atoms with Gasteiger partial charge in [-0.05, 0) is 18.6 Å². The maximum Gasteiger partial charge on any atom is 0.343 e. The van der Waals surface area contributed by atoms with Crippen LogP contribution in [0, 0.1) is 0 Å². The van der Waals surface area contributed by atoms with Crippen molar-refractivity contribution in [2.45, 2.75) is 37.2 Å². The summed E-state index contributed by atoms with van der Waals surface area (Å²) in [4.78, 5) is 28.3. The Balaban J connectivity index is 1.81. The van der Waals surface area contributed by atoms with Crippen LogP contribution in [0.15, 0.2) is 45.2 Å². The maximum atomic E-state index is 12.1. The van der Waals surface area contributed by atoms with Gasteiger partial charge < -0.3 is 0 Å². The molecule has 0 spiro atoms. The molecule has 0 aliphatic rings. The highest BCUT2D eigenvalue weighted by atomic mass is 32.2. The number of hydrogen-bond acceptors (Lipinski definition) is 5. The van der Waals surface area contributed by atoms with Crippen LogP contribution in [-0.4, -0.2) is 24.1 Å². The van der Waals surface area contributed by atoms with Crippen LogP contribution in [0.5, 0.6) is 0 Å². The second-order valence-corrected chi connectivity index (χ2v) is 6.06. The number of rotatable bonds is 6. The molecule has 0 aliphatic carbocycles. The first kappa shape index (κ1) is 15.5. The van der Waals surface area contributed by atoms with Crippen molar-refractivity contribution in [3.63, 3.8) is 0 Å². The van der Waals surface area contributed by atoms with Gasteiger partial charge in [0.25, 0.3) is 5.56 Å². The third-order valence-electron chi connectivity index (χ3n) is 3.43. The summed E-state index contributed by atoms with van der Waals surface area (Å²) in [5.74, 6) is 0.483. The highest BCUT2D eigenvalue weighted by Crippen LogP contribution is 2.18. The summed E-state index contributed by atoms with van der Waals surface area (Å²) in [5.41, 5.74) is 0.966. The molecule has 120 valence electrons. The Bertz CT molecular complexity index is 927.